The van der Waals surface area contributed by atoms with E-state index < -0.39 is 10.7 Å². The number of likely N-dealkylation sites (tertiary alicyclic amines) is 1. The smallest absolute Gasteiger partial charge is 0.319 e. The number of aliphatic hydroxyl groups excluding tert-OH is 1. The Morgan fingerprint density at radius 3 is 2.72 bits per heavy atom. The first kappa shape index (κ1) is 23.8. The van der Waals surface area contributed by atoms with E-state index in [9.17, 15) is 19.2 Å². The van der Waals surface area contributed by atoms with Crippen LogP contribution in [0.15, 0.2) is 0 Å². The largest absolute Gasteiger partial charge is 0.465 e. The lowest BCUT2D eigenvalue weighted by Crippen LogP contribution is -2.40. The molecule has 2 rings (SSSR count). The Bertz CT molecular complexity index is 628. The first-order valence-electron chi connectivity index (χ1n) is 10.4. The van der Waals surface area contributed by atoms with Crippen LogP contribution in [-0.2, 0) is 23.9 Å². The van der Waals surface area contributed by atoms with Crippen molar-refractivity contribution < 1.29 is 29.0 Å². The number of carbonyl (C=O) groups excluding carboxylic acids is 4. The molecule has 5 unspecified atom stereocenters. The Kier molecular flexibility index (Phi) is 9.07. The number of carbonyl (C=O) groups is 4. The molecule has 5 atom stereocenters. The molecule has 29 heavy (non-hydrogen) atoms. The van der Waals surface area contributed by atoms with E-state index in [1.165, 1.54) is 4.90 Å². The maximum absolute atomic E-state index is 12.5. The third kappa shape index (κ3) is 5.78. The number of hydrogen-bond donors (Lipinski definition) is 2. The van der Waals surface area contributed by atoms with E-state index in [2.05, 4.69) is 21.2 Å². The summed E-state index contributed by atoms with van der Waals surface area (Å²) in [5.41, 5.74) is 0. The second kappa shape index (κ2) is 11.1. The number of esters is 1. The van der Waals surface area contributed by atoms with E-state index in [-0.39, 0.29) is 61.1 Å². The topological polar surface area (TPSA) is 113 Å². The van der Waals surface area contributed by atoms with Gasteiger partial charge < -0.3 is 15.2 Å². The van der Waals surface area contributed by atoms with Gasteiger partial charge in [-0.05, 0) is 31.6 Å². The van der Waals surface area contributed by atoms with Gasteiger partial charge in [-0.3, -0.25) is 24.1 Å². The van der Waals surface area contributed by atoms with Crippen molar-refractivity contribution in [2.24, 2.45) is 23.7 Å². The van der Waals surface area contributed by atoms with Gasteiger partial charge in [0.1, 0.15) is 4.83 Å². The van der Waals surface area contributed by atoms with Gasteiger partial charge in [-0.2, -0.15) is 0 Å². The summed E-state index contributed by atoms with van der Waals surface area (Å²) in [7, 11) is 0. The van der Waals surface area contributed by atoms with Crippen molar-refractivity contribution in [1.29, 1.82) is 0 Å². The predicted octanol–water partition coefficient (Wildman–Crippen LogP) is 1.24. The second-order valence-electron chi connectivity index (χ2n) is 7.88. The first-order valence-corrected chi connectivity index (χ1v) is 11.3. The number of nitrogens with zero attached hydrogens (tertiary/aromatic N) is 1. The molecule has 0 aromatic rings. The number of fused-ring (bicyclic) bond motifs is 1. The molecule has 0 aromatic carbocycles. The Labute approximate surface area is 179 Å². The molecule has 8 nitrogen and oxygen atoms in total. The minimum Gasteiger partial charge on any atom is -0.465 e. The van der Waals surface area contributed by atoms with Crippen molar-refractivity contribution in [3.63, 3.8) is 0 Å². The SMILES string of the molecule is CCCCOC(=O)C(Br)CC(C)C(=O)NCCN1C(=O)C2CC(CCO)C2C1=O. The van der Waals surface area contributed by atoms with Crippen LogP contribution in [0.4, 0.5) is 0 Å². The highest BCUT2D eigenvalue weighted by atomic mass is 79.9. The van der Waals surface area contributed by atoms with Gasteiger partial charge in [0.15, 0.2) is 0 Å². The number of nitrogens with one attached hydrogen (secondary N) is 1. The summed E-state index contributed by atoms with van der Waals surface area (Å²) in [6.07, 6.45) is 3.22. The summed E-state index contributed by atoms with van der Waals surface area (Å²) in [5, 5.41) is 11.8. The van der Waals surface area contributed by atoms with Crippen molar-refractivity contribution in [2.45, 2.75) is 50.8 Å². The summed E-state index contributed by atoms with van der Waals surface area (Å²) in [6.45, 7) is 4.44. The van der Waals surface area contributed by atoms with Crippen molar-refractivity contribution >= 4 is 39.6 Å². The molecule has 0 spiro atoms. The molecule has 1 saturated heterocycles. The van der Waals surface area contributed by atoms with Crippen molar-refractivity contribution in [3.8, 4) is 0 Å². The fraction of sp³-hybridized carbons (Fsp3) is 0.800. The summed E-state index contributed by atoms with van der Waals surface area (Å²) in [6, 6.07) is 0. The lowest BCUT2D eigenvalue weighted by molar-refractivity contribution is -0.143. The zero-order valence-corrected chi connectivity index (χ0v) is 18.7. The van der Waals surface area contributed by atoms with Gasteiger partial charge in [0.2, 0.25) is 17.7 Å². The van der Waals surface area contributed by atoms with Crippen LogP contribution in [0, 0.1) is 23.7 Å². The Morgan fingerprint density at radius 2 is 2.07 bits per heavy atom. The Hall–Kier alpha value is -1.48. The molecule has 0 aromatic heterocycles. The Balaban J connectivity index is 1.72. The van der Waals surface area contributed by atoms with Crippen LogP contribution in [0.5, 0.6) is 0 Å². The van der Waals surface area contributed by atoms with E-state index in [0.29, 0.717) is 25.9 Å². The molecule has 1 heterocycles. The molecule has 3 amide bonds. The molecular weight excluding hydrogens is 444 g/mol. The van der Waals surface area contributed by atoms with Crippen LogP contribution in [0.1, 0.15) is 46.0 Å². The number of halogens is 1. The summed E-state index contributed by atoms with van der Waals surface area (Å²) in [5.74, 6) is -1.90. The standard InChI is InChI=1S/C20H31BrN2O6/c1-3-4-9-29-20(28)15(21)10-12(2)17(25)22-6-7-23-18(26)14-11-13(5-8-24)16(14)19(23)27/h12-16,24H,3-11H2,1-2H3,(H,22,25). The van der Waals surface area contributed by atoms with E-state index >= 15 is 0 Å². The lowest BCUT2D eigenvalue weighted by atomic mass is 9.65. The molecular formula is C20H31BrN2O6. The molecule has 1 saturated carbocycles. The molecule has 2 aliphatic rings. The average Bonchev–Trinajstić information content (AvgIpc) is 2.84. The number of imide groups is 1. The highest BCUT2D eigenvalue weighted by Gasteiger charge is 2.57. The Morgan fingerprint density at radius 1 is 1.34 bits per heavy atom. The van der Waals surface area contributed by atoms with Gasteiger partial charge in [-0.15, -0.1) is 0 Å². The van der Waals surface area contributed by atoms with E-state index in [1.807, 2.05) is 6.92 Å². The number of alkyl halides is 1. The van der Waals surface area contributed by atoms with Gasteiger partial charge in [-0.1, -0.05) is 36.2 Å². The normalized spacial score (nSPS) is 25.2. The van der Waals surface area contributed by atoms with Crippen LogP contribution in [0.3, 0.4) is 0 Å². The van der Waals surface area contributed by atoms with Crippen LogP contribution < -0.4 is 5.32 Å². The molecule has 1 aliphatic carbocycles. The minimum absolute atomic E-state index is 0.0179. The van der Waals surface area contributed by atoms with Gasteiger partial charge in [0, 0.05) is 25.6 Å². The fourth-order valence-electron chi connectivity index (χ4n) is 3.94. The maximum Gasteiger partial charge on any atom is 0.319 e. The molecule has 164 valence electrons. The molecule has 9 heteroatoms. The van der Waals surface area contributed by atoms with Gasteiger partial charge >= 0.3 is 5.97 Å². The van der Waals surface area contributed by atoms with Crippen LogP contribution in [0.2, 0.25) is 0 Å². The molecule has 0 radical (unpaired) electrons. The molecule has 1 aliphatic heterocycles. The van der Waals surface area contributed by atoms with Gasteiger partial charge in [0.05, 0.1) is 18.4 Å². The highest BCUT2D eigenvalue weighted by Crippen LogP contribution is 2.48. The number of rotatable bonds is 12. The van der Waals surface area contributed by atoms with Crippen molar-refractivity contribution in [1.82, 2.24) is 10.2 Å². The number of unbranched alkanes of at least 4 members (excludes halogenated alkanes) is 1. The minimum atomic E-state index is -0.555. The van der Waals surface area contributed by atoms with Crippen LogP contribution >= 0.6 is 15.9 Å². The monoisotopic (exact) mass is 474 g/mol. The number of aliphatic hydroxyl groups is 1. The van der Waals surface area contributed by atoms with Gasteiger partial charge in [-0.25, -0.2) is 0 Å². The van der Waals surface area contributed by atoms with Crippen LogP contribution in [-0.4, -0.2) is 64.8 Å². The first-order chi connectivity index (χ1) is 13.8. The van der Waals surface area contributed by atoms with E-state index in [0.717, 1.165) is 12.8 Å². The maximum atomic E-state index is 12.5. The summed E-state index contributed by atoms with van der Waals surface area (Å²) in [4.78, 5) is 49.6. The zero-order valence-electron chi connectivity index (χ0n) is 17.1. The molecule has 2 N–H and O–H groups in total. The van der Waals surface area contributed by atoms with Crippen molar-refractivity contribution in [2.75, 3.05) is 26.3 Å². The summed E-state index contributed by atoms with van der Waals surface area (Å²) >= 11 is 3.27. The van der Waals surface area contributed by atoms with Crippen molar-refractivity contribution in [3.05, 3.63) is 0 Å². The highest BCUT2D eigenvalue weighted by molar-refractivity contribution is 9.10. The second-order valence-corrected chi connectivity index (χ2v) is 8.99. The van der Waals surface area contributed by atoms with E-state index in [4.69, 9.17) is 9.84 Å². The van der Waals surface area contributed by atoms with Crippen LogP contribution in [0.25, 0.3) is 0 Å². The number of hydrogen-bond acceptors (Lipinski definition) is 6. The third-order valence-corrected chi connectivity index (χ3v) is 6.52. The van der Waals surface area contributed by atoms with E-state index in [1.54, 1.807) is 6.92 Å². The quantitative estimate of drug-likeness (QED) is 0.190. The summed E-state index contributed by atoms with van der Waals surface area (Å²) < 4.78 is 5.13. The number of amides is 3. The molecule has 2 fully saturated rings. The molecule has 0 bridgehead atoms. The number of ether oxygens (including phenoxy) is 1. The third-order valence-electron chi connectivity index (χ3n) is 5.77. The predicted molar refractivity (Wildman–Crippen MR) is 109 cm³/mol. The lowest BCUT2D eigenvalue weighted by Gasteiger charge is -2.35. The average molecular weight is 475 g/mol. The van der Waals surface area contributed by atoms with Gasteiger partial charge in [0.25, 0.3) is 0 Å². The zero-order chi connectivity index (χ0) is 21.6. The fourth-order valence-corrected chi connectivity index (χ4v) is 4.63.